The molecule has 1 rings (SSSR count). The molecular formula is C14H23N3O3S. The highest BCUT2D eigenvalue weighted by atomic mass is 32.2. The maximum Gasteiger partial charge on any atom is 0.242 e. The first-order chi connectivity index (χ1) is 9.52. The van der Waals surface area contributed by atoms with E-state index in [1.54, 1.807) is 12.1 Å². The number of rotatable bonds is 6. The highest BCUT2D eigenvalue weighted by Gasteiger charge is 2.18. The maximum atomic E-state index is 12.0. The van der Waals surface area contributed by atoms with E-state index in [1.807, 2.05) is 13.8 Å². The Morgan fingerprint density at radius 3 is 2.48 bits per heavy atom. The fourth-order valence-electron chi connectivity index (χ4n) is 1.60. The molecule has 118 valence electrons. The molecule has 1 amide bonds. The van der Waals surface area contributed by atoms with Gasteiger partial charge in [-0.2, -0.15) is 0 Å². The van der Waals surface area contributed by atoms with Gasteiger partial charge in [0.2, 0.25) is 15.9 Å². The van der Waals surface area contributed by atoms with Crippen molar-refractivity contribution in [1.82, 2.24) is 4.31 Å². The molecule has 6 nitrogen and oxygen atoms in total. The van der Waals surface area contributed by atoms with Gasteiger partial charge in [-0.1, -0.05) is 6.07 Å². The maximum absolute atomic E-state index is 12.0. The van der Waals surface area contributed by atoms with Gasteiger partial charge in [0.05, 0.1) is 4.90 Å². The predicted octanol–water partition coefficient (Wildman–Crippen LogP) is 1.39. The Hall–Kier alpha value is -1.44. The normalized spacial score (nSPS) is 12.5. The van der Waals surface area contributed by atoms with Crippen LogP contribution in [0.15, 0.2) is 29.2 Å². The van der Waals surface area contributed by atoms with Crippen molar-refractivity contribution in [2.24, 2.45) is 5.73 Å². The van der Waals surface area contributed by atoms with Gasteiger partial charge in [0, 0.05) is 31.7 Å². The monoisotopic (exact) mass is 313 g/mol. The molecule has 0 saturated carbocycles. The van der Waals surface area contributed by atoms with E-state index < -0.39 is 15.6 Å². The summed E-state index contributed by atoms with van der Waals surface area (Å²) < 4.78 is 25.2. The average Bonchev–Trinajstić information content (AvgIpc) is 2.35. The second kappa shape index (κ2) is 6.55. The van der Waals surface area contributed by atoms with Crippen molar-refractivity contribution in [3.8, 4) is 0 Å². The molecule has 0 aliphatic heterocycles. The average molecular weight is 313 g/mol. The van der Waals surface area contributed by atoms with Crippen molar-refractivity contribution in [3.63, 3.8) is 0 Å². The Morgan fingerprint density at radius 2 is 1.95 bits per heavy atom. The second-order valence-electron chi connectivity index (χ2n) is 5.85. The lowest BCUT2D eigenvalue weighted by atomic mass is 10.00. The van der Waals surface area contributed by atoms with Gasteiger partial charge < -0.3 is 11.1 Å². The van der Waals surface area contributed by atoms with E-state index in [2.05, 4.69) is 5.32 Å². The molecule has 0 bridgehead atoms. The lowest BCUT2D eigenvalue weighted by Crippen LogP contribution is -2.33. The molecule has 7 heteroatoms. The van der Waals surface area contributed by atoms with Gasteiger partial charge in [-0.3, -0.25) is 4.79 Å². The molecule has 1 aromatic carbocycles. The summed E-state index contributed by atoms with van der Waals surface area (Å²) in [5, 5.41) is 2.69. The number of carbonyl (C=O) groups excluding carboxylic acids is 1. The summed E-state index contributed by atoms with van der Waals surface area (Å²) in [4.78, 5) is 12.0. The molecule has 3 N–H and O–H groups in total. The first-order valence-electron chi connectivity index (χ1n) is 6.64. The van der Waals surface area contributed by atoms with Crippen LogP contribution in [0.2, 0.25) is 0 Å². The number of anilines is 1. The Kier molecular flexibility index (Phi) is 5.49. The Bertz CT molecular complexity index is 604. The van der Waals surface area contributed by atoms with Crippen molar-refractivity contribution in [2.45, 2.75) is 37.1 Å². The van der Waals surface area contributed by atoms with E-state index in [0.29, 0.717) is 12.1 Å². The Balaban J connectivity index is 2.81. The van der Waals surface area contributed by atoms with Crippen molar-refractivity contribution in [3.05, 3.63) is 24.3 Å². The molecule has 21 heavy (non-hydrogen) atoms. The molecule has 0 aliphatic carbocycles. The van der Waals surface area contributed by atoms with Crippen molar-refractivity contribution < 1.29 is 13.2 Å². The lowest BCUT2D eigenvalue weighted by Gasteiger charge is -2.17. The van der Waals surface area contributed by atoms with Gasteiger partial charge in [0.1, 0.15) is 0 Å². The van der Waals surface area contributed by atoms with Crippen molar-refractivity contribution in [1.29, 1.82) is 0 Å². The van der Waals surface area contributed by atoms with Gasteiger partial charge >= 0.3 is 0 Å². The zero-order valence-corrected chi connectivity index (χ0v) is 13.7. The predicted molar refractivity (Wildman–Crippen MR) is 83.4 cm³/mol. The van der Waals surface area contributed by atoms with Crippen LogP contribution in [-0.2, 0) is 14.8 Å². The number of carbonyl (C=O) groups is 1. The lowest BCUT2D eigenvalue weighted by molar-refractivity contribution is -0.116. The molecule has 0 saturated heterocycles. The highest BCUT2D eigenvalue weighted by molar-refractivity contribution is 7.89. The van der Waals surface area contributed by atoms with Gasteiger partial charge in [-0.05, 0) is 38.5 Å². The molecule has 0 atom stereocenters. The van der Waals surface area contributed by atoms with E-state index in [4.69, 9.17) is 5.73 Å². The smallest absolute Gasteiger partial charge is 0.242 e. The van der Waals surface area contributed by atoms with Crippen LogP contribution >= 0.6 is 0 Å². The molecule has 0 spiro atoms. The van der Waals surface area contributed by atoms with Crippen LogP contribution in [0.1, 0.15) is 26.7 Å². The molecule has 0 unspecified atom stereocenters. The van der Waals surface area contributed by atoms with E-state index in [9.17, 15) is 13.2 Å². The third-order valence-electron chi connectivity index (χ3n) is 2.89. The molecule has 0 radical (unpaired) electrons. The number of nitrogens with one attached hydrogen (secondary N) is 1. The van der Waals surface area contributed by atoms with Gasteiger partial charge in [0.15, 0.2) is 0 Å². The van der Waals surface area contributed by atoms with Crippen LogP contribution in [0.4, 0.5) is 5.69 Å². The van der Waals surface area contributed by atoms with Crippen LogP contribution in [0.5, 0.6) is 0 Å². The van der Waals surface area contributed by atoms with E-state index >= 15 is 0 Å². The first-order valence-corrected chi connectivity index (χ1v) is 8.08. The molecule has 0 aromatic heterocycles. The van der Waals surface area contributed by atoms with Crippen molar-refractivity contribution >= 4 is 21.6 Å². The molecule has 0 heterocycles. The number of benzene rings is 1. The first kappa shape index (κ1) is 17.6. The largest absolute Gasteiger partial charge is 0.326 e. The number of hydrogen-bond acceptors (Lipinski definition) is 4. The minimum Gasteiger partial charge on any atom is -0.326 e. The van der Waals surface area contributed by atoms with Crippen LogP contribution < -0.4 is 11.1 Å². The SMILES string of the molecule is CN(C)S(=O)(=O)c1cccc(NC(=O)CCC(C)(C)N)c1. The number of nitrogens with two attached hydrogens (primary N) is 1. The summed E-state index contributed by atoms with van der Waals surface area (Å²) in [6, 6.07) is 6.19. The van der Waals surface area contributed by atoms with E-state index in [1.165, 1.54) is 26.2 Å². The zero-order valence-electron chi connectivity index (χ0n) is 12.9. The zero-order chi connectivity index (χ0) is 16.3. The summed E-state index contributed by atoms with van der Waals surface area (Å²) >= 11 is 0. The quantitative estimate of drug-likeness (QED) is 0.830. The third kappa shape index (κ3) is 5.45. The molecule has 0 aliphatic rings. The number of amides is 1. The van der Waals surface area contributed by atoms with Crippen LogP contribution in [0.25, 0.3) is 0 Å². The fraction of sp³-hybridized carbons (Fsp3) is 0.500. The van der Waals surface area contributed by atoms with Crippen LogP contribution in [0, 0.1) is 0 Å². The number of nitrogens with zero attached hydrogens (tertiary/aromatic N) is 1. The molecule has 0 fully saturated rings. The highest BCUT2D eigenvalue weighted by Crippen LogP contribution is 2.18. The summed E-state index contributed by atoms with van der Waals surface area (Å²) in [6.07, 6.45) is 0.836. The van der Waals surface area contributed by atoms with Gasteiger partial charge in [0.25, 0.3) is 0 Å². The standard InChI is InChI=1S/C14H23N3O3S/c1-14(2,15)9-8-13(18)16-11-6-5-7-12(10-11)21(19,20)17(3)4/h5-7,10H,8-9,15H2,1-4H3,(H,16,18). The summed E-state index contributed by atoms with van der Waals surface area (Å²) in [6.45, 7) is 3.70. The van der Waals surface area contributed by atoms with Crippen molar-refractivity contribution in [2.75, 3.05) is 19.4 Å². The Labute approximate surface area is 126 Å². The third-order valence-corrected chi connectivity index (χ3v) is 4.70. The fourth-order valence-corrected chi connectivity index (χ4v) is 2.55. The summed E-state index contributed by atoms with van der Waals surface area (Å²) in [7, 11) is -0.584. The van der Waals surface area contributed by atoms with Crippen LogP contribution in [0.3, 0.4) is 0 Å². The minimum absolute atomic E-state index is 0.143. The number of hydrogen-bond donors (Lipinski definition) is 2. The van der Waals surface area contributed by atoms with E-state index in [-0.39, 0.29) is 17.2 Å². The summed E-state index contributed by atoms with van der Waals surface area (Å²) in [5.74, 6) is -0.187. The molecule has 1 aromatic rings. The topological polar surface area (TPSA) is 92.5 Å². The van der Waals surface area contributed by atoms with Crippen LogP contribution in [-0.4, -0.2) is 38.3 Å². The van der Waals surface area contributed by atoms with Gasteiger partial charge in [-0.25, -0.2) is 12.7 Å². The van der Waals surface area contributed by atoms with E-state index in [0.717, 1.165) is 4.31 Å². The Morgan fingerprint density at radius 1 is 1.33 bits per heavy atom. The van der Waals surface area contributed by atoms with Gasteiger partial charge in [-0.15, -0.1) is 0 Å². The molecular weight excluding hydrogens is 290 g/mol. The minimum atomic E-state index is -3.51. The summed E-state index contributed by atoms with van der Waals surface area (Å²) in [5.41, 5.74) is 5.87. The number of sulfonamides is 1. The second-order valence-corrected chi connectivity index (χ2v) is 8.00.